The zero-order valence-corrected chi connectivity index (χ0v) is 16.8. The van der Waals surface area contributed by atoms with Crippen molar-refractivity contribution in [3.05, 3.63) is 33.4 Å². The fraction of sp³-hybridized carbons (Fsp3) is 0.444. The Labute approximate surface area is 165 Å². The van der Waals surface area contributed by atoms with E-state index in [9.17, 15) is 14.4 Å². The maximum Gasteiger partial charge on any atom is 0.321 e. The summed E-state index contributed by atoms with van der Waals surface area (Å²) in [4.78, 5) is 43.1. The number of thioether (sulfide) groups is 1. The van der Waals surface area contributed by atoms with Gasteiger partial charge in [0.15, 0.2) is 5.16 Å². The molecular weight excluding hydrogens is 384 g/mol. The quantitative estimate of drug-likeness (QED) is 0.437. The first-order chi connectivity index (χ1) is 13.0. The number of carbonyl (C=O) groups is 2. The summed E-state index contributed by atoms with van der Waals surface area (Å²) in [5.74, 6) is -0.437. The van der Waals surface area contributed by atoms with Crippen molar-refractivity contribution in [1.82, 2.24) is 20.2 Å². The third-order valence-corrected chi connectivity index (χ3v) is 6.44. The van der Waals surface area contributed by atoms with Crippen LogP contribution in [-0.2, 0) is 24.2 Å². The van der Waals surface area contributed by atoms with Gasteiger partial charge in [-0.1, -0.05) is 17.8 Å². The molecule has 0 fully saturated rings. The predicted molar refractivity (Wildman–Crippen MR) is 109 cm³/mol. The van der Waals surface area contributed by atoms with Crippen molar-refractivity contribution in [3.63, 3.8) is 0 Å². The highest BCUT2D eigenvalue weighted by Crippen LogP contribution is 2.34. The van der Waals surface area contributed by atoms with Gasteiger partial charge in [-0.2, -0.15) is 0 Å². The first kappa shape index (κ1) is 19.6. The van der Waals surface area contributed by atoms with Gasteiger partial charge in [-0.3, -0.25) is 19.5 Å². The first-order valence-electron chi connectivity index (χ1n) is 8.91. The second-order valence-corrected chi connectivity index (χ2v) is 8.21. The van der Waals surface area contributed by atoms with Gasteiger partial charge in [0.1, 0.15) is 4.83 Å². The minimum absolute atomic E-state index is 0.00267. The summed E-state index contributed by atoms with van der Waals surface area (Å²) >= 11 is 2.73. The van der Waals surface area contributed by atoms with Crippen LogP contribution in [0.5, 0.6) is 0 Å². The molecule has 9 heteroatoms. The average molecular weight is 407 g/mol. The molecule has 144 valence electrons. The Morgan fingerprint density at radius 2 is 2.15 bits per heavy atom. The summed E-state index contributed by atoms with van der Waals surface area (Å²) in [5.41, 5.74) is 1.06. The van der Waals surface area contributed by atoms with Crippen molar-refractivity contribution < 1.29 is 9.59 Å². The summed E-state index contributed by atoms with van der Waals surface area (Å²) < 4.78 is 1.56. The number of aryl methyl sites for hydroxylation is 2. The molecule has 0 spiro atoms. The van der Waals surface area contributed by atoms with Gasteiger partial charge in [0, 0.05) is 18.0 Å². The molecule has 0 bridgehead atoms. The van der Waals surface area contributed by atoms with Gasteiger partial charge in [-0.15, -0.1) is 17.9 Å². The second kappa shape index (κ2) is 8.71. The molecule has 1 aliphatic carbocycles. The summed E-state index contributed by atoms with van der Waals surface area (Å²) in [6, 6.07) is -0.527. The molecule has 0 atom stereocenters. The lowest BCUT2D eigenvalue weighted by Gasteiger charge is -2.12. The maximum absolute atomic E-state index is 13.1. The molecule has 3 amide bonds. The van der Waals surface area contributed by atoms with Crippen molar-refractivity contribution in [2.75, 3.05) is 12.3 Å². The molecular formula is C18H22N4O3S2. The Morgan fingerprint density at radius 1 is 1.37 bits per heavy atom. The molecule has 0 unspecified atom stereocenters. The Bertz CT molecular complexity index is 948. The number of rotatable bonds is 6. The topological polar surface area (TPSA) is 93.1 Å². The first-order valence-corrected chi connectivity index (χ1v) is 10.7. The number of nitrogens with zero attached hydrogens (tertiary/aromatic N) is 2. The van der Waals surface area contributed by atoms with E-state index in [1.807, 2.05) is 0 Å². The Morgan fingerprint density at radius 3 is 2.89 bits per heavy atom. The molecule has 3 rings (SSSR count). The van der Waals surface area contributed by atoms with Crippen molar-refractivity contribution >= 4 is 45.3 Å². The standard InChI is InChI=1S/C18H22N4O3S2/c1-3-9-22-16(24)14-11-7-5-6-8-12(11)27-15(14)21-18(22)26-10-13(23)20-17(25)19-4-2/h3H,1,4-10H2,2H3,(H2,19,20,23,25). The van der Waals surface area contributed by atoms with Gasteiger partial charge in [-0.05, 0) is 38.2 Å². The van der Waals surface area contributed by atoms with Gasteiger partial charge >= 0.3 is 6.03 Å². The number of fused-ring (bicyclic) bond motifs is 3. The summed E-state index contributed by atoms with van der Waals surface area (Å²) in [6.45, 7) is 6.26. The molecule has 2 aromatic heterocycles. The van der Waals surface area contributed by atoms with Crippen molar-refractivity contribution in [1.29, 1.82) is 0 Å². The molecule has 2 heterocycles. The number of hydrogen-bond acceptors (Lipinski definition) is 6. The van der Waals surface area contributed by atoms with Crippen LogP contribution >= 0.6 is 23.1 Å². The molecule has 1 aliphatic rings. The zero-order chi connectivity index (χ0) is 19.4. The predicted octanol–water partition coefficient (Wildman–Crippen LogP) is 2.46. The molecule has 2 N–H and O–H groups in total. The third-order valence-electron chi connectivity index (χ3n) is 4.27. The Kier molecular flexibility index (Phi) is 6.33. The average Bonchev–Trinajstić information content (AvgIpc) is 3.01. The SMILES string of the molecule is C=CCn1c(SCC(=O)NC(=O)NCC)nc2sc3c(c2c1=O)CCCC3. The summed E-state index contributed by atoms with van der Waals surface area (Å²) in [5, 5.41) is 5.94. The number of thiophene rings is 1. The number of carbonyl (C=O) groups excluding carboxylic acids is 2. The molecule has 0 saturated carbocycles. The maximum atomic E-state index is 13.1. The summed E-state index contributed by atoms with van der Waals surface area (Å²) in [6.07, 6.45) is 5.79. The van der Waals surface area contributed by atoms with E-state index in [1.54, 1.807) is 28.9 Å². The van der Waals surface area contributed by atoms with Crippen LogP contribution in [0.3, 0.4) is 0 Å². The van der Waals surface area contributed by atoms with Crippen LogP contribution in [0, 0.1) is 0 Å². The van der Waals surface area contributed by atoms with Gasteiger partial charge < -0.3 is 5.32 Å². The van der Waals surface area contributed by atoms with Gasteiger partial charge in [0.25, 0.3) is 5.56 Å². The van der Waals surface area contributed by atoms with Crippen molar-refractivity contribution in [2.24, 2.45) is 0 Å². The zero-order valence-electron chi connectivity index (χ0n) is 15.2. The van der Waals surface area contributed by atoms with E-state index >= 15 is 0 Å². The minimum atomic E-state index is -0.527. The van der Waals surface area contributed by atoms with E-state index < -0.39 is 11.9 Å². The number of imide groups is 1. The highest BCUT2D eigenvalue weighted by atomic mass is 32.2. The van der Waals surface area contributed by atoms with Crippen LogP contribution in [-0.4, -0.2) is 33.8 Å². The van der Waals surface area contributed by atoms with E-state index in [0.29, 0.717) is 23.6 Å². The summed E-state index contributed by atoms with van der Waals surface area (Å²) in [7, 11) is 0. The number of amides is 3. The van der Waals surface area contributed by atoms with E-state index in [-0.39, 0.29) is 11.3 Å². The lowest BCUT2D eigenvalue weighted by atomic mass is 9.97. The Balaban J connectivity index is 1.89. The van der Waals surface area contributed by atoms with Crippen LogP contribution < -0.4 is 16.2 Å². The van der Waals surface area contributed by atoms with E-state index in [4.69, 9.17) is 0 Å². The fourth-order valence-corrected chi connectivity index (χ4v) is 5.23. The molecule has 0 aliphatic heterocycles. The number of hydrogen-bond donors (Lipinski definition) is 2. The smallest absolute Gasteiger partial charge is 0.321 e. The molecule has 0 radical (unpaired) electrons. The minimum Gasteiger partial charge on any atom is -0.338 e. The lowest BCUT2D eigenvalue weighted by molar-refractivity contribution is -0.117. The number of allylic oxidation sites excluding steroid dienone is 1. The van der Waals surface area contributed by atoms with Crippen LogP contribution in [0.2, 0.25) is 0 Å². The van der Waals surface area contributed by atoms with Crippen LogP contribution in [0.1, 0.15) is 30.2 Å². The fourth-order valence-electron chi connectivity index (χ4n) is 3.12. The van der Waals surface area contributed by atoms with E-state index in [0.717, 1.165) is 47.8 Å². The third kappa shape index (κ3) is 4.24. The molecule has 0 saturated heterocycles. The van der Waals surface area contributed by atoms with Gasteiger partial charge in [0.05, 0.1) is 11.1 Å². The second-order valence-electron chi connectivity index (χ2n) is 6.19. The van der Waals surface area contributed by atoms with Crippen LogP contribution in [0.4, 0.5) is 4.79 Å². The van der Waals surface area contributed by atoms with Gasteiger partial charge in [-0.25, -0.2) is 9.78 Å². The largest absolute Gasteiger partial charge is 0.338 e. The molecule has 0 aromatic carbocycles. The molecule has 27 heavy (non-hydrogen) atoms. The normalized spacial score (nSPS) is 13.2. The number of aromatic nitrogens is 2. The van der Waals surface area contributed by atoms with Crippen LogP contribution in [0.25, 0.3) is 10.2 Å². The van der Waals surface area contributed by atoms with Crippen molar-refractivity contribution in [3.8, 4) is 0 Å². The Hall–Kier alpha value is -2.13. The molecule has 7 nitrogen and oxygen atoms in total. The van der Waals surface area contributed by atoms with E-state index in [2.05, 4.69) is 22.2 Å². The monoisotopic (exact) mass is 406 g/mol. The highest BCUT2D eigenvalue weighted by molar-refractivity contribution is 7.99. The molecule has 2 aromatic rings. The highest BCUT2D eigenvalue weighted by Gasteiger charge is 2.22. The lowest BCUT2D eigenvalue weighted by Crippen LogP contribution is -2.40. The van der Waals surface area contributed by atoms with Crippen molar-refractivity contribution in [2.45, 2.75) is 44.3 Å². The van der Waals surface area contributed by atoms with Crippen LogP contribution in [0.15, 0.2) is 22.6 Å². The van der Waals surface area contributed by atoms with E-state index in [1.165, 1.54) is 4.88 Å². The van der Waals surface area contributed by atoms with Gasteiger partial charge in [0.2, 0.25) is 5.91 Å². The number of urea groups is 1. The number of nitrogens with one attached hydrogen (secondary N) is 2.